The summed E-state index contributed by atoms with van der Waals surface area (Å²) >= 11 is 2.87. The number of thioether (sulfide) groups is 1. The van der Waals surface area contributed by atoms with E-state index in [0.717, 1.165) is 10.0 Å². The molecule has 0 saturated heterocycles. The van der Waals surface area contributed by atoms with Crippen LogP contribution in [0.1, 0.15) is 12.6 Å². The van der Waals surface area contributed by atoms with Crippen LogP contribution in [0.15, 0.2) is 34.0 Å². The molecule has 1 amide bonds. The van der Waals surface area contributed by atoms with E-state index < -0.39 is 5.82 Å². The molecule has 2 aromatic rings. The molecular weight excluding hydrogens is 283 g/mol. The fraction of sp³-hybridized carbons (Fsp3) is 0.231. The van der Waals surface area contributed by atoms with Crippen LogP contribution in [-0.4, -0.2) is 16.1 Å². The SMILES string of the molecule is Cc1csc(S[C@@H](C)C(=O)Nc2ccccc2F)n1. The van der Waals surface area contributed by atoms with Crippen molar-refractivity contribution in [3.05, 3.63) is 41.2 Å². The Hall–Kier alpha value is -1.40. The molecule has 100 valence electrons. The molecule has 0 aliphatic heterocycles. The highest BCUT2D eigenvalue weighted by atomic mass is 32.2. The maximum atomic E-state index is 13.4. The van der Waals surface area contributed by atoms with Crippen molar-refractivity contribution < 1.29 is 9.18 Å². The third kappa shape index (κ3) is 3.78. The van der Waals surface area contributed by atoms with Gasteiger partial charge in [0.25, 0.3) is 0 Å². The summed E-state index contributed by atoms with van der Waals surface area (Å²) in [5, 5.41) is 4.18. The first-order valence-corrected chi connectivity index (χ1v) is 7.46. The van der Waals surface area contributed by atoms with Gasteiger partial charge in [-0.15, -0.1) is 11.3 Å². The van der Waals surface area contributed by atoms with Gasteiger partial charge in [0.15, 0.2) is 4.34 Å². The van der Waals surface area contributed by atoms with Gasteiger partial charge in [0.05, 0.1) is 10.9 Å². The highest BCUT2D eigenvalue weighted by Gasteiger charge is 2.17. The number of carbonyl (C=O) groups excluding carboxylic acids is 1. The lowest BCUT2D eigenvalue weighted by Gasteiger charge is -2.10. The van der Waals surface area contributed by atoms with E-state index in [-0.39, 0.29) is 16.8 Å². The summed E-state index contributed by atoms with van der Waals surface area (Å²) in [6, 6.07) is 6.12. The number of benzene rings is 1. The zero-order valence-electron chi connectivity index (χ0n) is 10.5. The minimum absolute atomic E-state index is 0.204. The lowest BCUT2D eigenvalue weighted by molar-refractivity contribution is -0.115. The van der Waals surface area contributed by atoms with E-state index in [0.29, 0.717) is 0 Å². The fourth-order valence-corrected chi connectivity index (χ4v) is 3.37. The van der Waals surface area contributed by atoms with Crippen molar-refractivity contribution in [1.29, 1.82) is 0 Å². The smallest absolute Gasteiger partial charge is 0.237 e. The van der Waals surface area contributed by atoms with Crippen molar-refractivity contribution >= 4 is 34.7 Å². The highest BCUT2D eigenvalue weighted by molar-refractivity contribution is 8.02. The Kier molecular flexibility index (Phi) is 4.55. The van der Waals surface area contributed by atoms with Crippen molar-refractivity contribution in [3.63, 3.8) is 0 Å². The maximum Gasteiger partial charge on any atom is 0.237 e. The van der Waals surface area contributed by atoms with Crippen LogP contribution in [0.3, 0.4) is 0 Å². The zero-order valence-corrected chi connectivity index (χ0v) is 12.1. The third-order valence-corrected chi connectivity index (χ3v) is 4.57. The number of aryl methyl sites for hydroxylation is 1. The molecule has 2 rings (SSSR count). The minimum atomic E-state index is -0.432. The molecule has 0 spiro atoms. The Morgan fingerprint density at radius 2 is 2.21 bits per heavy atom. The van der Waals surface area contributed by atoms with Gasteiger partial charge in [0.1, 0.15) is 5.82 Å². The number of hydrogen-bond acceptors (Lipinski definition) is 4. The first kappa shape index (κ1) is 14.0. The molecular formula is C13H13FN2OS2. The quantitative estimate of drug-likeness (QED) is 0.875. The number of halogens is 1. The third-order valence-electron chi connectivity index (χ3n) is 2.38. The first-order valence-electron chi connectivity index (χ1n) is 5.70. The normalized spacial score (nSPS) is 12.2. The van der Waals surface area contributed by atoms with Gasteiger partial charge >= 0.3 is 0 Å². The molecule has 0 radical (unpaired) electrons. The molecule has 1 aromatic carbocycles. The lowest BCUT2D eigenvalue weighted by atomic mass is 10.3. The second-order valence-electron chi connectivity index (χ2n) is 3.98. The summed E-state index contributed by atoms with van der Waals surface area (Å²) in [4.78, 5) is 16.2. The van der Waals surface area contributed by atoms with Crippen molar-refractivity contribution in [2.45, 2.75) is 23.4 Å². The number of anilines is 1. The van der Waals surface area contributed by atoms with Crippen LogP contribution in [0.5, 0.6) is 0 Å². The van der Waals surface area contributed by atoms with Crippen LogP contribution < -0.4 is 5.32 Å². The predicted octanol–water partition coefficient (Wildman–Crippen LogP) is 3.71. The van der Waals surface area contributed by atoms with Gasteiger partial charge in [-0.25, -0.2) is 9.37 Å². The topological polar surface area (TPSA) is 42.0 Å². The molecule has 0 unspecified atom stereocenters. The van der Waals surface area contributed by atoms with E-state index in [1.165, 1.54) is 35.2 Å². The molecule has 1 atom stereocenters. The Labute approximate surface area is 119 Å². The van der Waals surface area contributed by atoms with Crippen molar-refractivity contribution in [3.8, 4) is 0 Å². The molecule has 1 aromatic heterocycles. The lowest BCUT2D eigenvalue weighted by Crippen LogP contribution is -2.22. The summed E-state index contributed by atoms with van der Waals surface area (Å²) in [6.07, 6.45) is 0. The minimum Gasteiger partial charge on any atom is -0.323 e. The molecule has 0 aliphatic carbocycles. The molecule has 1 N–H and O–H groups in total. The molecule has 0 bridgehead atoms. The van der Waals surface area contributed by atoms with E-state index >= 15 is 0 Å². The second kappa shape index (κ2) is 6.16. The number of thiazole rings is 1. The van der Waals surface area contributed by atoms with Crippen molar-refractivity contribution in [2.75, 3.05) is 5.32 Å². The fourth-order valence-electron chi connectivity index (χ4n) is 1.39. The van der Waals surface area contributed by atoms with E-state index in [2.05, 4.69) is 10.3 Å². The average molecular weight is 296 g/mol. The molecule has 19 heavy (non-hydrogen) atoms. The molecule has 1 heterocycles. The van der Waals surface area contributed by atoms with Gasteiger partial charge in [0, 0.05) is 11.1 Å². The number of rotatable bonds is 4. The zero-order chi connectivity index (χ0) is 13.8. The highest BCUT2D eigenvalue weighted by Crippen LogP contribution is 2.27. The first-order chi connectivity index (χ1) is 9.06. The Morgan fingerprint density at radius 3 is 2.84 bits per heavy atom. The molecule has 0 aliphatic rings. The number of nitrogens with zero attached hydrogens (tertiary/aromatic N) is 1. The Morgan fingerprint density at radius 1 is 1.47 bits per heavy atom. The summed E-state index contributed by atoms with van der Waals surface area (Å²) in [5.74, 6) is -0.666. The monoisotopic (exact) mass is 296 g/mol. The summed E-state index contributed by atoms with van der Waals surface area (Å²) in [5.41, 5.74) is 1.14. The number of nitrogens with one attached hydrogen (secondary N) is 1. The number of amides is 1. The average Bonchev–Trinajstić information content (AvgIpc) is 2.77. The number of para-hydroxylation sites is 1. The van der Waals surface area contributed by atoms with Crippen molar-refractivity contribution in [2.24, 2.45) is 0 Å². The van der Waals surface area contributed by atoms with Gasteiger partial charge in [0.2, 0.25) is 5.91 Å². The van der Waals surface area contributed by atoms with E-state index in [1.807, 2.05) is 12.3 Å². The van der Waals surface area contributed by atoms with Crippen LogP contribution >= 0.6 is 23.1 Å². The number of aromatic nitrogens is 1. The number of carbonyl (C=O) groups is 1. The summed E-state index contributed by atoms with van der Waals surface area (Å²) < 4.78 is 14.3. The van der Waals surface area contributed by atoms with Crippen molar-refractivity contribution in [1.82, 2.24) is 4.98 Å². The Bertz CT molecular complexity index is 586. The summed E-state index contributed by atoms with van der Waals surface area (Å²) in [6.45, 7) is 3.68. The largest absolute Gasteiger partial charge is 0.323 e. The van der Waals surface area contributed by atoms with E-state index in [4.69, 9.17) is 0 Å². The van der Waals surface area contributed by atoms with Gasteiger partial charge in [-0.1, -0.05) is 23.9 Å². The van der Waals surface area contributed by atoms with Gasteiger partial charge in [-0.05, 0) is 26.0 Å². The number of hydrogen-bond donors (Lipinski definition) is 1. The van der Waals surface area contributed by atoms with Crippen LogP contribution in [-0.2, 0) is 4.79 Å². The van der Waals surface area contributed by atoms with Gasteiger partial charge in [-0.3, -0.25) is 4.79 Å². The van der Waals surface area contributed by atoms with E-state index in [9.17, 15) is 9.18 Å². The second-order valence-corrected chi connectivity index (χ2v) is 6.43. The molecule has 6 heteroatoms. The van der Waals surface area contributed by atoms with Crippen LogP contribution in [0.4, 0.5) is 10.1 Å². The Balaban J connectivity index is 1.98. The molecule has 0 fully saturated rings. The van der Waals surface area contributed by atoms with E-state index in [1.54, 1.807) is 19.1 Å². The molecule has 0 saturated carbocycles. The van der Waals surface area contributed by atoms with Crippen LogP contribution in [0.25, 0.3) is 0 Å². The summed E-state index contributed by atoms with van der Waals surface area (Å²) in [7, 11) is 0. The van der Waals surface area contributed by atoms with Crippen LogP contribution in [0.2, 0.25) is 0 Å². The standard InChI is InChI=1S/C13H13FN2OS2/c1-8-7-18-13(15-8)19-9(2)12(17)16-11-6-4-3-5-10(11)14/h3-7,9H,1-2H3,(H,16,17)/t9-/m0/s1. The van der Waals surface area contributed by atoms with Crippen LogP contribution in [0, 0.1) is 12.7 Å². The molecule has 3 nitrogen and oxygen atoms in total. The van der Waals surface area contributed by atoms with Gasteiger partial charge in [-0.2, -0.15) is 0 Å². The predicted molar refractivity (Wildman–Crippen MR) is 77.2 cm³/mol. The maximum absolute atomic E-state index is 13.4. The van der Waals surface area contributed by atoms with Gasteiger partial charge < -0.3 is 5.32 Å².